The van der Waals surface area contributed by atoms with Crippen LogP contribution in [-0.4, -0.2) is 46.1 Å². The number of nitrogens with zero attached hydrogens (tertiary/aromatic N) is 1. The Bertz CT molecular complexity index is 1620. The quantitative estimate of drug-likeness (QED) is 0.135. The van der Waals surface area contributed by atoms with Crippen LogP contribution in [0.1, 0.15) is 62.4 Å². The number of ether oxygens (including phenoxy) is 2. The van der Waals surface area contributed by atoms with Gasteiger partial charge in [0.2, 0.25) is 0 Å². The highest BCUT2D eigenvalue weighted by atomic mass is 16.6. The molecule has 11 heteroatoms. The second kappa shape index (κ2) is 13.7. The lowest BCUT2D eigenvalue weighted by Gasteiger charge is -2.26. The van der Waals surface area contributed by atoms with Gasteiger partial charge < -0.3 is 34.9 Å². The Morgan fingerprint density at radius 1 is 0.889 bits per heavy atom. The van der Waals surface area contributed by atoms with Gasteiger partial charge in [0.15, 0.2) is 18.4 Å². The zero-order chi connectivity index (χ0) is 32.8. The van der Waals surface area contributed by atoms with Gasteiger partial charge in [0.25, 0.3) is 5.91 Å². The fourth-order valence-corrected chi connectivity index (χ4v) is 4.54. The van der Waals surface area contributed by atoms with Crippen molar-refractivity contribution in [2.75, 3.05) is 17.7 Å². The van der Waals surface area contributed by atoms with Crippen LogP contribution < -0.4 is 20.7 Å². The maximum absolute atomic E-state index is 12.8. The van der Waals surface area contributed by atoms with Gasteiger partial charge in [0.05, 0.1) is 24.5 Å². The van der Waals surface area contributed by atoms with E-state index in [0.29, 0.717) is 46.0 Å². The lowest BCUT2D eigenvalue weighted by Crippen LogP contribution is -2.49. The van der Waals surface area contributed by atoms with Crippen LogP contribution in [-0.2, 0) is 20.7 Å². The largest absolute Gasteiger partial charge is 0.496 e. The predicted molar refractivity (Wildman–Crippen MR) is 170 cm³/mol. The molecule has 0 saturated heterocycles. The zero-order valence-corrected chi connectivity index (χ0v) is 26.1. The van der Waals surface area contributed by atoms with Crippen LogP contribution in [0.25, 0.3) is 11.3 Å². The Balaban J connectivity index is 1.30. The highest BCUT2D eigenvalue weighted by Gasteiger charge is 2.25. The number of carbonyl (C=O) groups excluding carboxylic acids is 3. The molecule has 0 aliphatic rings. The molecule has 3 amide bonds. The van der Waals surface area contributed by atoms with Gasteiger partial charge in [0.1, 0.15) is 5.75 Å². The van der Waals surface area contributed by atoms with Gasteiger partial charge in [-0.3, -0.25) is 14.4 Å². The van der Waals surface area contributed by atoms with Crippen molar-refractivity contribution in [3.63, 3.8) is 0 Å². The predicted octanol–water partition coefficient (Wildman–Crippen LogP) is 5.48. The van der Waals surface area contributed by atoms with Crippen LogP contribution in [0.15, 0.2) is 83.7 Å². The van der Waals surface area contributed by atoms with Crippen LogP contribution in [0.5, 0.6) is 5.75 Å². The molecule has 0 radical (unpaired) electrons. The summed E-state index contributed by atoms with van der Waals surface area (Å²) in [6.07, 6.45) is 2.20. The molecule has 0 aliphatic carbocycles. The molecule has 236 valence electrons. The lowest BCUT2D eigenvalue weighted by molar-refractivity contribution is -0.169. The number of methoxy groups -OCH3 is 1. The molecule has 0 spiro atoms. The first-order valence-electron chi connectivity index (χ1n) is 14.3. The lowest BCUT2D eigenvalue weighted by atomic mass is 9.94. The number of carbonyl (C=O) groups is 3. The van der Waals surface area contributed by atoms with E-state index in [2.05, 4.69) is 20.9 Å². The fraction of sp³-hybridized carbons (Fsp3) is 0.294. The third-order valence-corrected chi connectivity index (χ3v) is 6.60. The molecule has 1 atom stereocenters. The van der Waals surface area contributed by atoms with Crippen molar-refractivity contribution < 1.29 is 33.4 Å². The third-order valence-electron chi connectivity index (χ3n) is 6.60. The Morgan fingerprint density at radius 2 is 1.56 bits per heavy atom. The number of nitrogens with one attached hydrogen (secondary N) is 3. The molecular formula is C34H38N4O7. The van der Waals surface area contributed by atoms with E-state index in [1.54, 1.807) is 60.8 Å². The van der Waals surface area contributed by atoms with Gasteiger partial charge in [-0.1, -0.05) is 24.3 Å². The summed E-state index contributed by atoms with van der Waals surface area (Å²) in [5, 5.41) is 18.5. The second-order valence-electron chi connectivity index (χ2n) is 12.1. The minimum absolute atomic E-state index is 0.302. The van der Waals surface area contributed by atoms with Gasteiger partial charge in [-0.15, -0.1) is 0 Å². The zero-order valence-electron chi connectivity index (χ0n) is 26.1. The summed E-state index contributed by atoms with van der Waals surface area (Å²) in [4.78, 5) is 42.1. The summed E-state index contributed by atoms with van der Waals surface area (Å²) < 4.78 is 16.3. The summed E-state index contributed by atoms with van der Waals surface area (Å²) in [7, 11) is 1.49. The molecule has 1 heterocycles. The van der Waals surface area contributed by atoms with Crippen LogP contribution in [0.4, 0.5) is 11.4 Å². The number of anilines is 2. The van der Waals surface area contributed by atoms with E-state index < -0.39 is 29.2 Å². The first kappa shape index (κ1) is 32.9. The van der Waals surface area contributed by atoms with E-state index in [4.69, 9.17) is 13.9 Å². The Hall–Kier alpha value is -5.00. The molecule has 45 heavy (non-hydrogen) atoms. The van der Waals surface area contributed by atoms with Crippen LogP contribution in [0.3, 0.4) is 0 Å². The molecule has 4 N–H and O–H groups in total. The SMILES string of the molecule is COc1cc(NC(=O)C(=O)NC(C)(C)Cc2ccc(NC(=O)c3ccc(C(O)OC(C)(C)C)cc3)cc2)ccc1-c1cnco1. The highest BCUT2D eigenvalue weighted by Crippen LogP contribution is 2.32. The molecular weight excluding hydrogens is 576 g/mol. The number of oxazole rings is 1. The van der Waals surface area contributed by atoms with E-state index in [1.807, 2.05) is 46.8 Å². The van der Waals surface area contributed by atoms with E-state index in [1.165, 1.54) is 13.5 Å². The summed E-state index contributed by atoms with van der Waals surface area (Å²) in [6, 6.07) is 18.7. The number of hydrogen-bond donors (Lipinski definition) is 4. The summed E-state index contributed by atoms with van der Waals surface area (Å²) in [6.45, 7) is 9.18. The van der Waals surface area contributed by atoms with Crippen molar-refractivity contribution in [3.8, 4) is 17.1 Å². The first-order valence-corrected chi connectivity index (χ1v) is 14.3. The molecule has 4 aromatic rings. The molecule has 0 bridgehead atoms. The van der Waals surface area contributed by atoms with Crippen LogP contribution in [0, 0.1) is 0 Å². The number of rotatable bonds is 10. The number of aliphatic hydroxyl groups is 1. The second-order valence-corrected chi connectivity index (χ2v) is 12.1. The standard InChI is InChI=1S/C34H38N4O7/c1-33(2,3)45-32(42)23-11-9-22(10-12-23)29(39)36-24-13-7-21(8-14-24)18-34(4,5)38-31(41)30(40)37-25-15-16-26(27(17-25)43-6)28-19-35-20-44-28/h7-17,19-20,32,42H,18H2,1-6H3,(H,36,39)(H,37,40)(H,38,41). The topological polar surface area (TPSA) is 152 Å². The number of hydrogen-bond acceptors (Lipinski definition) is 8. The molecule has 11 nitrogen and oxygen atoms in total. The Labute approximate surface area is 262 Å². The van der Waals surface area contributed by atoms with Gasteiger partial charge in [0, 0.05) is 34.1 Å². The highest BCUT2D eigenvalue weighted by molar-refractivity contribution is 6.39. The average Bonchev–Trinajstić information content (AvgIpc) is 3.52. The summed E-state index contributed by atoms with van der Waals surface area (Å²) in [5.41, 5.74) is 2.23. The van der Waals surface area contributed by atoms with E-state index >= 15 is 0 Å². The maximum atomic E-state index is 12.8. The molecule has 4 rings (SSSR count). The maximum Gasteiger partial charge on any atom is 0.313 e. The van der Waals surface area contributed by atoms with Crippen molar-refractivity contribution in [2.24, 2.45) is 0 Å². The van der Waals surface area contributed by atoms with Gasteiger partial charge >= 0.3 is 11.8 Å². The minimum Gasteiger partial charge on any atom is -0.496 e. The molecule has 0 saturated carbocycles. The Morgan fingerprint density at radius 3 is 2.16 bits per heavy atom. The number of aliphatic hydroxyl groups excluding tert-OH is 1. The fourth-order valence-electron chi connectivity index (χ4n) is 4.54. The molecule has 3 aromatic carbocycles. The number of aromatic nitrogens is 1. The average molecular weight is 615 g/mol. The molecule has 0 aliphatic heterocycles. The van der Waals surface area contributed by atoms with Gasteiger partial charge in [-0.25, -0.2) is 4.98 Å². The van der Waals surface area contributed by atoms with Crippen molar-refractivity contribution in [2.45, 2.75) is 58.5 Å². The third kappa shape index (κ3) is 9.24. The van der Waals surface area contributed by atoms with Crippen molar-refractivity contribution in [3.05, 3.63) is 96.0 Å². The van der Waals surface area contributed by atoms with Crippen LogP contribution in [0.2, 0.25) is 0 Å². The van der Waals surface area contributed by atoms with Crippen molar-refractivity contribution in [1.29, 1.82) is 0 Å². The summed E-state index contributed by atoms with van der Waals surface area (Å²) >= 11 is 0. The van der Waals surface area contributed by atoms with Crippen molar-refractivity contribution in [1.82, 2.24) is 10.3 Å². The van der Waals surface area contributed by atoms with Crippen LogP contribution >= 0.6 is 0 Å². The first-order chi connectivity index (χ1) is 21.2. The minimum atomic E-state index is -1.09. The normalized spacial score (nSPS) is 12.2. The molecule has 1 aromatic heterocycles. The van der Waals surface area contributed by atoms with Gasteiger partial charge in [-0.2, -0.15) is 0 Å². The Kier molecular flexibility index (Phi) is 10.1. The molecule has 1 unspecified atom stereocenters. The van der Waals surface area contributed by atoms with E-state index in [0.717, 1.165) is 5.56 Å². The van der Waals surface area contributed by atoms with E-state index in [-0.39, 0.29) is 5.91 Å². The van der Waals surface area contributed by atoms with E-state index in [9.17, 15) is 19.5 Å². The molecule has 0 fully saturated rings. The smallest absolute Gasteiger partial charge is 0.313 e. The monoisotopic (exact) mass is 614 g/mol. The number of amides is 3. The van der Waals surface area contributed by atoms with Gasteiger partial charge in [-0.05, 0) is 83.0 Å². The van der Waals surface area contributed by atoms with Crippen molar-refractivity contribution >= 4 is 29.1 Å². The number of benzene rings is 3. The summed E-state index contributed by atoms with van der Waals surface area (Å²) in [5.74, 6) is -0.951.